The standard InChI is InChI=1S/C10H16O3/c1-3-12-10(11)9-7-5-4-6-8(2)13-9/h7-8H,3-6H2,1-2H3. The summed E-state index contributed by atoms with van der Waals surface area (Å²) >= 11 is 0. The van der Waals surface area contributed by atoms with E-state index in [1.165, 1.54) is 0 Å². The average molecular weight is 184 g/mol. The van der Waals surface area contributed by atoms with Gasteiger partial charge in [-0.1, -0.05) is 0 Å². The summed E-state index contributed by atoms with van der Waals surface area (Å²) in [5, 5.41) is 0. The Hall–Kier alpha value is -0.990. The molecular formula is C10H16O3. The second kappa shape index (κ2) is 4.90. The van der Waals surface area contributed by atoms with Gasteiger partial charge in [-0.25, -0.2) is 4.79 Å². The van der Waals surface area contributed by atoms with Crippen LogP contribution in [-0.2, 0) is 14.3 Å². The normalized spacial score (nSPS) is 22.6. The molecule has 1 aliphatic heterocycles. The zero-order valence-corrected chi connectivity index (χ0v) is 8.21. The van der Waals surface area contributed by atoms with Crippen LogP contribution in [0.25, 0.3) is 0 Å². The predicted molar refractivity (Wildman–Crippen MR) is 49.1 cm³/mol. The molecule has 0 aromatic carbocycles. The van der Waals surface area contributed by atoms with Gasteiger partial charge in [-0.05, 0) is 39.2 Å². The van der Waals surface area contributed by atoms with Crippen LogP contribution in [0, 0.1) is 0 Å². The van der Waals surface area contributed by atoms with E-state index >= 15 is 0 Å². The van der Waals surface area contributed by atoms with Gasteiger partial charge in [0.1, 0.15) is 0 Å². The van der Waals surface area contributed by atoms with Crippen molar-refractivity contribution in [3.8, 4) is 0 Å². The highest BCUT2D eigenvalue weighted by Crippen LogP contribution is 2.16. The molecule has 3 nitrogen and oxygen atoms in total. The smallest absolute Gasteiger partial charge is 0.373 e. The fraction of sp³-hybridized carbons (Fsp3) is 0.700. The van der Waals surface area contributed by atoms with Gasteiger partial charge in [-0.2, -0.15) is 0 Å². The highest BCUT2D eigenvalue weighted by molar-refractivity contribution is 5.86. The third-order valence-corrected chi connectivity index (χ3v) is 1.95. The maximum absolute atomic E-state index is 11.3. The summed E-state index contributed by atoms with van der Waals surface area (Å²) in [7, 11) is 0. The molecule has 74 valence electrons. The summed E-state index contributed by atoms with van der Waals surface area (Å²) in [5.74, 6) is 0.0445. The lowest BCUT2D eigenvalue weighted by molar-refractivity contribution is -0.143. The molecule has 0 aromatic rings. The van der Waals surface area contributed by atoms with E-state index in [9.17, 15) is 4.79 Å². The van der Waals surface area contributed by atoms with Crippen LogP contribution in [0.4, 0.5) is 0 Å². The van der Waals surface area contributed by atoms with Crippen molar-refractivity contribution in [1.82, 2.24) is 0 Å². The third-order valence-electron chi connectivity index (χ3n) is 1.95. The summed E-state index contributed by atoms with van der Waals surface area (Å²) in [4.78, 5) is 11.3. The number of rotatable bonds is 2. The Morgan fingerprint density at radius 3 is 3.23 bits per heavy atom. The molecule has 0 N–H and O–H groups in total. The number of carbonyl (C=O) groups is 1. The molecule has 0 amide bonds. The maximum Gasteiger partial charge on any atom is 0.373 e. The maximum atomic E-state index is 11.3. The summed E-state index contributed by atoms with van der Waals surface area (Å²) in [6.45, 7) is 4.16. The van der Waals surface area contributed by atoms with Gasteiger partial charge in [-0.15, -0.1) is 0 Å². The first-order valence-electron chi connectivity index (χ1n) is 4.78. The van der Waals surface area contributed by atoms with Crippen molar-refractivity contribution in [3.05, 3.63) is 11.8 Å². The van der Waals surface area contributed by atoms with Gasteiger partial charge < -0.3 is 9.47 Å². The summed E-state index contributed by atoms with van der Waals surface area (Å²) < 4.78 is 10.3. The molecule has 0 saturated heterocycles. The Kier molecular flexibility index (Phi) is 3.80. The molecule has 0 bridgehead atoms. The van der Waals surface area contributed by atoms with E-state index in [0.29, 0.717) is 12.4 Å². The van der Waals surface area contributed by atoms with Crippen LogP contribution in [0.5, 0.6) is 0 Å². The van der Waals surface area contributed by atoms with E-state index in [-0.39, 0.29) is 12.1 Å². The minimum absolute atomic E-state index is 0.123. The number of carbonyl (C=O) groups excluding carboxylic acids is 1. The zero-order chi connectivity index (χ0) is 9.68. The Bertz CT molecular complexity index is 208. The van der Waals surface area contributed by atoms with E-state index in [0.717, 1.165) is 19.3 Å². The fourth-order valence-corrected chi connectivity index (χ4v) is 1.30. The molecule has 13 heavy (non-hydrogen) atoms. The first-order chi connectivity index (χ1) is 6.24. The molecule has 1 unspecified atom stereocenters. The highest BCUT2D eigenvalue weighted by Gasteiger charge is 2.17. The molecule has 0 aliphatic carbocycles. The van der Waals surface area contributed by atoms with E-state index in [2.05, 4.69) is 0 Å². The summed E-state index contributed by atoms with van der Waals surface area (Å²) in [6, 6.07) is 0. The number of ether oxygens (including phenoxy) is 2. The first-order valence-corrected chi connectivity index (χ1v) is 4.78. The lowest BCUT2D eigenvalue weighted by Crippen LogP contribution is -2.14. The average Bonchev–Trinajstić information content (AvgIpc) is 2.30. The van der Waals surface area contributed by atoms with E-state index < -0.39 is 0 Å². The molecule has 0 saturated carbocycles. The van der Waals surface area contributed by atoms with Crippen LogP contribution in [-0.4, -0.2) is 18.7 Å². The number of hydrogen-bond acceptors (Lipinski definition) is 3. The van der Waals surface area contributed by atoms with Gasteiger partial charge in [0.05, 0.1) is 12.7 Å². The SMILES string of the molecule is CCOC(=O)C1=CCCCC(C)O1. The van der Waals surface area contributed by atoms with Crippen molar-refractivity contribution < 1.29 is 14.3 Å². The quantitative estimate of drug-likeness (QED) is 0.616. The molecule has 0 radical (unpaired) electrons. The number of hydrogen-bond donors (Lipinski definition) is 0. The van der Waals surface area contributed by atoms with Crippen molar-refractivity contribution in [2.75, 3.05) is 6.61 Å². The molecule has 1 rings (SSSR count). The van der Waals surface area contributed by atoms with Crippen molar-refractivity contribution in [1.29, 1.82) is 0 Å². The Morgan fingerprint density at radius 1 is 1.77 bits per heavy atom. The molecule has 0 fully saturated rings. The lowest BCUT2D eigenvalue weighted by atomic mass is 10.2. The molecular weight excluding hydrogens is 168 g/mol. The van der Waals surface area contributed by atoms with Crippen LogP contribution in [0.15, 0.2) is 11.8 Å². The van der Waals surface area contributed by atoms with Gasteiger partial charge in [0.25, 0.3) is 0 Å². The molecule has 0 spiro atoms. The van der Waals surface area contributed by atoms with Crippen molar-refractivity contribution >= 4 is 5.97 Å². The number of esters is 1. The second-order valence-electron chi connectivity index (χ2n) is 3.15. The van der Waals surface area contributed by atoms with Crippen LogP contribution >= 0.6 is 0 Å². The van der Waals surface area contributed by atoms with Crippen LogP contribution in [0.1, 0.15) is 33.1 Å². The molecule has 1 aliphatic rings. The minimum atomic E-state index is -0.337. The molecule has 1 heterocycles. The van der Waals surface area contributed by atoms with Gasteiger partial charge in [-0.3, -0.25) is 0 Å². The monoisotopic (exact) mass is 184 g/mol. The zero-order valence-electron chi connectivity index (χ0n) is 8.21. The Morgan fingerprint density at radius 2 is 2.54 bits per heavy atom. The minimum Gasteiger partial charge on any atom is -0.484 e. The highest BCUT2D eigenvalue weighted by atomic mass is 16.6. The van der Waals surface area contributed by atoms with Crippen molar-refractivity contribution in [2.24, 2.45) is 0 Å². The van der Waals surface area contributed by atoms with Crippen LogP contribution in [0.2, 0.25) is 0 Å². The third kappa shape index (κ3) is 3.09. The fourth-order valence-electron chi connectivity index (χ4n) is 1.30. The largest absolute Gasteiger partial charge is 0.484 e. The molecule has 3 heteroatoms. The van der Waals surface area contributed by atoms with Crippen LogP contribution in [0.3, 0.4) is 0 Å². The Labute approximate surface area is 78.7 Å². The van der Waals surface area contributed by atoms with Gasteiger partial charge in [0.15, 0.2) is 0 Å². The predicted octanol–water partition coefficient (Wildman–Crippen LogP) is 2.02. The van der Waals surface area contributed by atoms with Gasteiger partial charge in [0, 0.05) is 0 Å². The summed E-state index contributed by atoms with van der Waals surface area (Å²) in [5.41, 5.74) is 0. The van der Waals surface area contributed by atoms with Crippen molar-refractivity contribution in [2.45, 2.75) is 39.2 Å². The van der Waals surface area contributed by atoms with Gasteiger partial charge >= 0.3 is 5.97 Å². The first kappa shape index (κ1) is 10.1. The Balaban J connectivity index is 2.55. The molecule has 0 aromatic heterocycles. The second-order valence-corrected chi connectivity index (χ2v) is 3.15. The van der Waals surface area contributed by atoms with E-state index in [1.54, 1.807) is 6.92 Å². The van der Waals surface area contributed by atoms with E-state index in [4.69, 9.17) is 9.47 Å². The van der Waals surface area contributed by atoms with E-state index in [1.807, 2.05) is 13.0 Å². The molecule has 1 atom stereocenters. The van der Waals surface area contributed by atoms with Gasteiger partial charge in [0.2, 0.25) is 5.76 Å². The van der Waals surface area contributed by atoms with Crippen LogP contribution < -0.4 is 0 Å². The summed E-state index contributed by atoms with van der Waals surface area (Å²) in [6.07, 6.45) is 4.92. The topological polar surface area (TPSA) is 35.5 Å². The number of allylic oxidation sites excluding steroid dienone is 1. The van der Waals surface area contributed by atoms with Crippen molar-refractivity contribution in [3.63, 3.8) is 0 Å². The lowest BCUT2D eigenvalue weighted by Gasteiger charge is -2.12.